The van der Waals surface area contributed by atoms with Gasteiger partial charge in [-0.3, -0.25) is 4.79 Å². The number of rotatable bonds is 3. The molecule has 0 saturated heterocycles. The zero-order valence-corrected chi connectivity index (χ0v) is 11.6. The molecule has 0 fully saturated rings. The SMILES string of the molecule is COc1cccc2c1CCN(C(=O)CCS)CC2. The van der Waals surface area contributed by atoms with Crippen LogP contribution in [0.1, 0.15) is 17.5 Å². The van der Waals surface area contributed by atoms with Crippen molar-refractivity contribution in [2.24, 2.45) is 0 Å². The highest BCUT2D eigenvalue weighted by Gasteiger charge is 2.19. The summed E-state index contributed by atoms with van der Waals surface area (Å²) >= 11 is 4.12. The van der Waals surface area contributed by atoms with Crippen LogP contribution in [0.2, 0.25) is 0 Å². The molecule has 4 heteroatoms. The number of methoxy groups -OCH3 is 1. The van der Waals surface area contributed by atoms with E-state index in [1.807, 2.05) is 17.0 Å². The van der Waals surface area contributed by atoms with Gasteiger partial charge in [-0.25, -0.2) is 0 Å². The standard InChI is InChI=1S/C14H19NO2S/c1-17-13-4-2-3-11-5-8-15(9-6-12(11)13)14(16)7-10-18/h2-4,18H,5-10H2,1H3. The van der Waals surface area contributed by atoms with E-state index in [9.17, 15) is 4.79 Å². The van der Waals surface area contributed by atoms with Crippen molar-refractivity contribution in [2.45, 2.75) is 19.3 Å². The predicted molar refractivity (Wildman–Crippen MR) is 75.5 cm³/mol. The van der Waals surface area contributed by atoms with Gasteiger partial charge in [0, 0.05) is 19.5 Å². The zero-order chi connectivity index (χ0) is 13.0. The van der Waals surface area contributed by atoms with E-state index in [1.165, 1.54) is 11.1 Å². The fourth-order valence-electron chi connectivity index (χ4n) is 2.44. The van der Waals surface area contributed by atoms with Gasteiger partial charge < -0.3 is 9.64 Å². The van der Waals surface area contributed by atoms with E-state index in [0.29, 0.717) is 12.2 Å². The molecule has 0 atom stereocenters. The molecule has 0 bridgehead atoms. The lowest BCUT2D eigenvalue weighted by molar-refractivity contribution is -0.130. The molecule has 2 rings (SSSR count). The summed E-state index contributed by atoms with van der Waals surface area (Å²) in [7, 11) is 1.70. The van der Waals surface area contributed by atoms with Gasteiger partial charge in [0.2, 0.25) is 5.91 Å². The highest BCUT2D eigenvalue weighted by atomic mass is 32.1. The Morgan fingerprint density at radius 3 is 2.89 bits per heavy atom. The Kier molecular flexibility index (Phi) is 4.53. The fraction of sp³-hybridized carbons (Fsp3) is 0.500. The molecular weight excluding hydrogens is 246 g/mol. The van der Waals surface area contributed by atoms with Crippen LogP contribution in [0.15, 0.2) is 18.2 Å². The number of carbonyl (C=O) groups is 1. The van der Waals surface area contributed by atoms with Gasteiger partial charge >= 0.3 is 0 Å². The third kappa shape index (κ3) is 2.80. The number of thiol groups is 1. The average molecular weight is 265 g/mol. The van der Waals surface area contributed by atoms with Crippen molar-refractivity contribution in [2.75, 3.05) is 26.0 Å². The van der Waals surface area contributed by atoms with Gasteiger partial charge in [-0.05, 0) is 35.8 Å². The van der Waals surface area contributed by atoms with Gasteiger partial charge in [-0.15, -0.1) is 0 Å². The molecule has 0 aliphatic carbocycles. The molecule has 0 unspecified atom stereocenters. The number of nitrogens with zero attached hydrogens (tertiary/aromatic N) is 1. The first-order chi connectivity index (χ1) is 8.76. The van der Waals surface area contributed by atoms with E-state index in [-0.39, 0.29) is 5.91 Å². The first-order valence-electron chi connectivity index (χ1n) is 6.29. The van der Waals surface area contributed by atoms with Gasteiger partial charge in [-0.1, -0.05) is 12.1 Å². The van der Waals surface area contributed by atoms with E-state index in [0.717, 1.165) is 31.7 Å². The van der Waals surface area contributed by atoms with Crippen LogP contribution >= 0.6 is 12.6 Å². The molecule has 98 valence electrons. The molecule has 1 aliphatic rings. The summed E-state index contributed by atoms with van der Waals surface area (Å²) in [4.78, 5) is 13.8. The average Bonchev–Trinajstić information content (AvgIpc) is 2.61. The number of ether oxygens (including phenoxy) is 1. The maximum atomic E-state index is 11.9. The lowest BCUT2D eigenvalue weighted by atomic mass is 10.0. The molecule has 0 spiro atoms. The van der Waals surface area contributed by atoms with Gasteiger partial charge in [0.05, 0.1) is 7.11 Å². The number of amides is 1. The van der Waals surface area contributed by atoms with E-state index in [4.69, 9.17) is 4.74 Å². The number of hydrogen-bond acceptors (Lipinski definition) is 3. The minimum Gasteiger partial charge on any atom is -0.496 e. The van der Waals surface area contributed by atoms with Gasteiger partial charge in [-0.2, -0.15) is 12.6 Å². The second-order valence-electron chi connectivity index (χ2n) is 4.45. The Morgan fingerprint density at radius 1 is 1.39 bits per heavy atom. The Labute approximate surface area is 114 Å². The third-order valence-electron chi connectivity index (χ3n) is 3.41. The molecule has 0 N–H and O–H groups in total. The highest BCUT2D eigenvalue weighted by Crippen LogP contribution is 2.25. The molecule has 0 aromatic heterocycles. The normalized spacial score (nSPS) is 14.9. The number of fused-ring (bicyclic) bond motifs is 1. The number of carbonyl (C=O) groups excluding carboxylic acids is 1. The van der Waals surface area contributed by atoms with E-state index < -0.39 is 0 Å². The maximum absolute atomic E-state index is 11.9. The molecule has 1 amide bonds. The van der Waals surface area contributed by atoms with Crippen molar-refractivity contribution in [1.29, 1.82) is 0 Å². The summed E-state index contributed by atoms with van der Waals surface area (Å²) in [5, 5.41) is 0. The molecule has 1 heterocycles. The van der Waals surface area contributed by atoms with Crippen LogP contribution in [-0.2, 0) is 17.6 Å². The van der Waals surface area contributed by atoms with Crippen LogP contribution in [0.5, 0.6) is 5.75 Å². The van der Waals surface area contributed by atoms with Crippen LogP contribution in [0.3, 0.4) is 0 Å². The first-order valence-corrected chi connectivity index (χ1v) is 6.93. The summed E-state index contributed by atoms with van der Waals surface area (Å²) in [6.07, 6.45) is 2.30. The van der Waals surface area contributed by atoms with Crippen molar-refractivity contribution >= 4 is 18.5 Å². The quantitative estimate of drug-likeness (QED) is 0.846. The first kappa shape index (κ1) is 13.3. The van der Waals surface area contributed by atoms with Crippen molar-refractivity contribution in [1.82, 2.24) is 4.90 Å². The fourth-order valence-corrected chi connectivity index (χ4v) is 2.63. The monoisotopic (exact) mass is 265 g/mol. The lowest BCUT2D eigenvalue weighted by Crippen LogP contribution is -2.33. The minimum absolute atomic E-state index is 0.205. The third-order valence-corrected chi connectivity index (χ3v) is 3.63. The highest BCUT2D eigenvalue weighted by molar-refractivity contribution is 7.80. The molecule has 1 aromatic rings. The van der Waals surface area contributed by atoms with Crippen molar-refractivity contribution in [3.63, 3.8) is 0 Å². The number of benzene rings is 1. The van der Waals surface area contributed by atoms with E-state index in [1.54, 1.807) is 7.11 Å². The Balaban J connectivity index is 2.14. The van der Waals surface area contributed by atoms with E-state index >= 15 is 0 Å². The zero-order valence-electron chi connectivity index (χ0n) is 10.7. The second-order valence-corrected chi connectivity index (χ2v) is 4.90. The van der Waals surface area contributed by atoms with E-state index in [2.05, 4.69) is 18.7 Å². The van der Waals surface area contributed by atoms with Gasteiger partial charge in [0.25, 0.3) is 0 Å². The molecule has 1 aliphatic heterocycles. The molecule has 3 nitrogen and oxygen atoms in total. The molecule has 18 heavy (non-hydrogen) atoms. The largest absolute Gasteiger partial charge is 0.496 e. The maximum Gasteiger partial charge on any atom is 0.223 e. The molecule has 0 radical (unpaired) electrons. The summed E-state index contributed by atoms with van der Waals surface area (Å²) in [6, 6.07) is 6.14. The predicted octanol–water partition coefficient (Wildman–Crippen LogP) is 1.94. The van der Waals surface area contributed by atoms with Crippen molar-refractivity contribution < 1.29 is 9.53 Å². The van der Waals surface area contributed by atoms with Crippen molar-refractivity contribution in [3.8, 4) is 5.75 Å². The van der Waals surface area contributed by atoms with Crippen LogP contribution in [0.4, 0.5) is 0 Å². The topological polar surface area (TPSA) is 29.5 Å². The minimum atomic E-state index is 0.205. The number of hydrogen-bond donors (Lipinski definition) is 1. The van der Waals surface area contributed by atoms with Crippen LogP contribution < -0.4 is 4.74 Å². The summed E-state index contributed by atoms with van der Waals surface area (Å²) < 4.78 is 5.40. The smallest absolute Gasteiger partial charge is 0.223 e. The molecule has 1 aromatic carbocycles. The Hall–Kier alpha value is -1.16. The Morgan fingerprint density at radius 2 is 2.17 bits per heavy atom. The summed E-state index contributed by atoms with van der Waals surface area (Å²) in [5.74, 6) is 1.76. The van der Waals surface area contributed by atoms with Crippen LogP contribution in [0.25, 0.3) is 0 Å². The molecule has 0 saturated carbocycles. The lowest BCUT2D eigenvalue weighted by Gasteiger charge is -2.19. The summed E-state index contributed by atoms with van der Waals surface area (Å²) in [6.45, 7) is 1.58. The summed E-state index contributed by atoms with van der Waals surface area (Å²) in [5.41, 5.74) is 2.55. The second kappa shape index (κ2) is 6.14. The van der Waals surface area contributed by atoms with Crippen LogP contribution in [-0.4, -0.2) is 36.8 Å². The Bertz CT molecular complexity index is 434. The van der Waals surface area contributed by atoms with Crippen LogP contribution in [0, 0.1) is 0 Å². The van der Waals surface area contributed by atoms with Gasteiger partial charge in [0.1, 0.15) is 5.75 Å². The van der Waals surface area contributed by atoms with Crippen molar-refractivity contribution in [3.05, 3.63) is 29.3 Å². The molecular formula is C14H19NO2S. The van der Waals surface area contributed by atoms with Gasteiger partial charge in [0.15, 0.2) is 0 Å².